The maximum absolute atomic E-state index is 6.23. The van der Waals surface area contributed by atoms with Crippen LogP contribution in [-0.2, 0) is 0 Å². The summed E-state index contributed by atoms with van der Waals surface area (Å²) in [6.45, 7) is 9.22. The first-order valence-corrected chi connectivity index (χ1v) is 15.1. The van der Waals surface area contributed by atoms with Gasteiger partial charge in [-0.2, -0.15) is 6.07 Å². The van der Waals surface area contributed by atoms with E-state index < -0.39 is 0 Å². The summed E-state index contributed by atoms with van der Waals surface area (Å²) in [5.41, 5.74) is 4.16. The van der Waals surface area contributed by atoms with Crippen LogP contribution in [0.2, 0.25) is 0 Å². The fourth-order valence-electron chi connectivity index (χ4n) is 4.44. The summed E-state index contributed by atoms with van der Waals surface area (Å²) in [5, 5.41) is 0. The molecular formula is C38H50O5U. The largest absolute Gasteiger partial charge is 2.00 e. The van der Waals surface area contributed by atoms with E-state index >= 15 is 0 Å². The molecule has 236 valence electrons. The number of hydrogen-bond acceptors (Lipinski definition) is 5. The number of ether oxygens (including phenoxy) is 5. The van der Waals surface area contributed by atoms with Crippen molar-refractivity contribution in [3.05, 3.63) is 84.3 Å². The Labute approximate surface area is 290 Å². The second-order valence-electron chi connectivity index (χ2n) is 10.5. The minimum Gasteiger partial charge on any atom is -0.551 e. The van der Waals surface area contributed by atoms with E-state index in [-0.39, 0.29) is 44.6 Å². The summed E-state index contributed by atoms with van der Waals surface area (Å²) in [4.78, 5) is 0. The Morgan fingerprint density at radius 1 is 0.727 bits per heavy atom. The van der Waals surface area contributed by atoms with Gasteiger partial charge in [0, 0.05) is 11.5 Å². The average molecular weight is 825 g/mol. The van der Waals surface area contributed by atoms with Crippen LogP contribution in [0.25, 0.3) is 24.3 Å². The third kappa shape index (κ3) is 11.9. The van der Waals surface area contributed by atoms with Crippen LogP contribution in [0.4, 0.5) is 0 Å². The summed E-state index contributed by atoms with van der Waals surface area (Å²) in [5.74, 6) is 3.86. The van der Waals surface area contributed by atoms with Gasteiger partial charge in [-0.15, -0.1) is 23.8 Å². The van der Waals surface area contributed by atoms with E-state index in [9.17, 15) is 0 Å². The maximum Gasteiger partial charge on any atom is 2.00 e. The molecule has 5 nitrogen and oxygen atoms in total. The van der Waals surface area contributed by atoms with Gasteiger partial charge in [-0.1, -0.05) is 82.5 Å². The van der Waals surface area contributed by atoms with Gasteiger partial charge in [0.2, 0.25) is 5.75 Å². The molecule has 0 bridgehead atoms. The predicted molar refractivity (Wildman–Crippen MR) is 181 cm³/mol. The first kappa shape index (κ1) is 39.2. The van der Waals surface area contributed by atoms with Crippen LogP contribution in [0, 0.1) is 50.5 Å². The van der Waals surface area contributed by atoms with Gasteiger partial charge in [0.05, 0.1) is 34.0 Å². The van der Waals surface area contributed by atoms with Crippen molar-refractivity contribution in [2.75, 3.05) is 27.9 Å². The minimum atomic E-state index is 0. The molecule has 44 heavy (non-hydrogen) atoms. The monoisotopic (exact) mass is 824 g/mol. The molecule has 6 heteroatoms. The van der Waals surface area contributed by atoms with Gasteiger partial charge in [-0.05, 0) is 54.5 Å². The van der Waals surface area contributed by atoms with Gasteiger partial charge >= 0.3 is 31.1 Å². The zero-order chi connectivity index (χ0) is 30.3. The molecule has 3 rings (SSSR count). The van der Waals surface area contributed by atoms with Crippen molar-refractivity contribution in [3.63, 3.8) is 0 Å². The zero-order valence-electron chi connectivity index (χ0n) is 27.9. The molecule has 0 aliphatic rings. The Morgan fingerprint density at radius 3 is 1.75 bits per heavy atom. The third-order valence-corrected chi connectivity index (χ3v) is 7.37. The van der Waals surface area contributed by atoms with Crippen LogP contribution in [0.15, 0.2) is 48.5 Å². The molecule has 2 unspecified atom stereocenters. The molecule has 0 radical (unpaired) electrons. The molecule has 0 fully saturated rings. The first-order chi connectivity index (χ1) is 20.4. The maximum atomic E-state index is 6.23. The predicted octanol–water partition coefficient (Wildman–Crippen LogP) is 10.1. The molecule has 0 aliphatic carbocycles. The van der Waals surface area contributed by atoms with Crippen LogP contribution in [0.3, 0.4) is 0 Å². The van der Waals surface area contributed by atoms with Crippen molar-refractivity contribution in [1.82, 2.24) is 0 Å². The van der Waals surface area contributed by atoms with E-state index in [1.165, 1.54) is 19.3 Å². The number of rotatable bonds is 17. The molecule has 2 atom stereocenters. The Hall–Kier alpha value is -2.81. The van der Waals surface area contributed by atoms with Crippen molar-refractivity contribution >= 4 is 24.3 Å². The molecule has 0 saturated heterocycles. The third-order valence-electron chi connectivity index (χ3n) is 7.37. The molecule has 0 spiro atoms. The van der Waals surface area contributed by atoms with Gasteiger partial charge in [0.15, 0.2) is 11.5 Å². The Morgan fingerprint density at radius 2 is 1.25 bits per heavy atom. The van der Waals surface area contributed by atoms with Crippen LogP contribution in [0.1, 0.15) is 82.1 Å². The summed E-state index contributed by atoms with van der Waals surface area (Å²) in [6.07, 6.45) is 14.0. The number of benzene rings is 3. The molecule has 3 aromatic rings. The Kier molecular flexibility index (Phi) is 18.7. The standard InChI is InChI=1S/C37H47O5.CH3.U/c1-8-11-12-28(10-3)26-41-37-35(39-6)24-32(25-36(37)40-7)20-18-30-15-13-29(14-16-30)17-19-31-21-22-33(34(23-31)38-5)42-27(4)9-2;;/h13-21,23-25,27-28H,8-12,26H2,1-7H3;1H3;/q2*-1;+2/b19-17+,20-18+;;. The van der Waals surface area contributed by atoms with E-state index in [2.05, 4.69) is 69.3 Å². The van der Waals surface area contributed by atoms with E-state index in [4.69, 9.17) is 23.7 Å². The van der Waals surface area contributed by atoms with E-state index in [1.807, 2.05) is 37.3 Å². The van der Waals surface area contributed by atoms with Gasteiger partial charge in [-0.3, -0.25) is 0 Å². The Bertz CT molecular complexity index is 1270. The second-order valence-corrected chi connectivity index (χ2v) is 10.5. The molecule has 0 heterocycles. The molecule has 0 N–H and O–H groups in total. The number of methoxy groups -OCH3 is 3. The molecule has 0 saturated carbocycles. The summed E-state index contributed by atoms with van der Waals surface area (Å²) in [6, 6.07) is 19.5. The SMILES string of the molecule is CCCCC(CC)COc1c(OC)cc(/C=C/c2ccc(/C=C/c3c[c-]c(OC(C)CC)c(OC)c3)cc2)cc1OC.[CH3-].[U+2]. The minimum absolute atomic E-state index is 0. The van der Waals surface area contributed by atoms with E-state index in [0.29, 0.717) is 41.3 Å². The quantitative estimate of drug-likeness (QED) is 0.100. The first-order valence-electron chi connectivity index (χ1n) is 15.1. The van der Waals surface area contributed by atoms with E-state index in [1.54, 1.807) is 21.3 Å². The van der Waals surface area contributed by atoms with Crippen LogP contribution < -0.4 is 23.7 Å². The average Bonchev–Trinajstić information content (AvgIpc) is 3.03. The molecular weight excluding hydrogens is 774 g/mol. The number of unbranched alkanes of at least 4 members (excludes halogenated alkanes) is 1. The normalized spacial score (nSPS) is 12.2. The van der Waals surface area contributed by atoms with Crippen molar-refractivity contribution in [2.24, 2.45) is 5.92 Å². The van der Waals surface area contributed by atoms with Crippen LogP contribution in [-0.4, -0.2) is 34.0 Å². The fraction of sp³-hybridized carbons (Fsp3) is 0.395. The smallest absolute Gasteiger partial charge is 0.551 e. The van der Waals surface area contributed by atoms with Gasteiger partial charge in [0.1, 0.15) is 0 Å². The van der Waals surface area contributed by atoms with Gasteiger partial charge < -0.3 is 31.1 Å². The molecule has 3 aromatic carbocycles. The van der Waals surface area contributed by atoms with Crippen LogP contribution >= 0.6 is 0 Å². The number of hydrogen-bond donors (Lipinski definition) is 0. The van der Waals surface area contributed by atoms with Crippen LogP contribution in [0.5, 0.6) is 28.7 Å². The summed E-state index contributed by atoms with van der Waals surface area (Å²) >= 11 is 0. The fourth-order valence-corrected chi connectivity index (χ4v) is 4.44. The summed E-state index contributed by atoms with van der Waals surface area (Å²) in [7, 11) is 4.98. The topological polar surface area (TPSA) is 46.2 Å². The summed E-state index contributed by atoms with van der Waals surface area (Å²) < 4.78 is 29.0. The van der Waals surface area contributed by atoms with E-state index in [0.717, 1.165) is 35.1 Å². The Balaban J connectivity index is 0.00000484. The van der Waals surface area contributed by atoms with Crippen molar-refractivity contribution in [1.29, 1.82) is 0 Å². The van der Waals surface area contributed by atoms with Crippen molar-refractivity contribution in [3.8, 4) is 28.7 Å². The van der Waals surface area contributed by atoms with Gasteiger partial charge in [0.25, 0.3) is 0 Å². The van der Waals surface area contributed by atoms with Crippen molar-refractivity contribution < 1.29 is 54.8 Å². The molecule has 0 amide bonds. The molecule has 0 aliphatic heterocycles. The van der Waals surface area contributed by atoms with Crippen molar-refractivity contribution in [2.45, 2.75) is 65.9 Å². The van der Waals surface area contributed by atoms with Gasteiger partial charge in [-0.25, -0.2) is 0 Å². The molecule has 0 aromatic heterocycles. The second kappa shape index (κ2) is 21.0. The zero-order valence-corrected chi connectivity index (χ0v) is 32.0.